The van der Waals surface area contributed by atoms with Crippen LogP contribution in [0, 0.1) is 31.1 Å². The van der Waals surface area contributed by atoms with Crippen LogP contribution in [0.3, 0.4) is 0 Å². The highest BCUT2D eigenvalue weighted by atomic mass is 35.5. The van der Waals surface area contributed by atoms with Crippen LogP contribution in [0.15, 0.2) is 29.2 Å². The fourth-order valence-corrected chi connectivity index (χ4v) is 5.55. The van der Waals surface area contributed by atoms with Gasteiger partial charge in [0.25, 0.3) is 0 Å². The summed E-state index contributed by atoms with van der Waals surface area (Å²) in [6.07, 6.45) is 1.30. The van der Waals surface area contributed by atoms with Crippen molar-refractivity contribution in [2.24, 2.45) is 5.92 Å². The van der Waals surface area contributed by atoms with E-state index >= 15 is 0 Å². The summed E-state index contributed by atoms with van der Waals surface area (Å²) in [5.74, 6) is -0.131. The van der Waals surface area contributed by atoms with E-state index in [0.29, 0.717) is 42.3 Å². The molecule has 8 heteroatoms. The first-order valence-electron chi connectivity index (χ1n) is 8.51. The van der Waals surface area contributed by atoms with Gasteiger partial charge in [-0.15, -0.1) is 0 Å². The average Bonchev–Trinajstić information content (AvgIpc) is 2.97. The molecule has 0 aliphatic carbocycles. The van der Waals surface area contributed by atoms with Crippen LogP contribution in [0.2, 0.25) is 5.02 Å². The zero-order valence-electron chi connectivity index (χ0n) is 14.7. The van der Waals surface area contributed by atoms with Gasteiger partial charge in [-0.05, 0) is 50.3 Å². The Labute approximate surface area is 158 Å². The molecule has 1 unspecified atom stereocenters. The van der Waals surface area contributed by atoms with E-state index in [0.717, 1.165) is 5.56 Å². The minimum Gasteiger partial charge on any atom is -0.281 e. The summed E-state index contributed by atoms with van der Waals surface area (Å²) < 4.78 is 27.4. The number of aromatic nitrogens is 2. The standard InChI is InChI=1S/C18H21ClN4O2S/c1-12-18(13(2)22-21-12)26(24,25)23-9-7-15(8-10-23)17(11-20)14-3-5-16(19)6-4-14/h3-6,15,17H,7-10H2,1-2H3,(H,21,22). The van der Waals surface area contributed by atoms with Crippen molar-refractivity contribution in [2.75, 3.05) is 13.1 Å². The molecule has 1 aromatic heterocycles. The monoisotopic (exact) mass is 392 g/mol. The maximum atomic E-state index is 12.9. The van der Waals surface area contributed by atoms with Gasteiger partial charge in [0.1, 0.15) is 4.90 Å². The molecular weight excluding hydrogens is 372 g/mol. The molecule has 26 heavy (non-hydrogen) atoms. The lowest BCUT2D eigenvalue weighted by atomic mass is 9.81. The normalized spacial score (nSPS) is 17.8. The van der Waals surface area contributed by atoms with Crippen LogP contribution in [0.1, 0.15) is 35.7 Å². The summed E-state index contributed by atoms with van der Waals surface area (Å²) >= 11 is 5.93. The number of aromatic amines is 1. The summed E-state index contributed by atoms with van der Waals surface area (Å²) in [5.41, 5.74) is 1.97. The number of aryl methyl sites for hydroxylation is 2. The molecule has 3 rings (SSSR count). The molecule has 1 aromatic carbocycles. The highest BCUT2D eigenvalue weighted by Crippen LogP contribution is 2.35. The van der Waals surface area contributed by atoms with Crippen molar-refractivity contribution in [2.45, 2.75) is 37.5 Å². The molecule has 1 saturated heterocycles. The van der Waals surface area contributed by atoms with Crippen LogP contribution < -0.4 is 0 Å². The van der Waals surface area contributed by atoms with Crippen molar-refractivity contribution in [1.82, 2.24) is 14.5 Å². The highest BCUT2D eigenvalue weighted by Gasteiger charge is 2.35. The predicted molar refractivity (Wildman–Crippen MR) is 99.4 cm³/mol. The van der Waals surface area contributed by atoms with Gasteiger partial charge >= 0.3 is 0 Å². The number of nitriles is 1. The third kappa shape index (κ3) is 3.50. The second kappa shape index (κ2) is 7.39. The Bertz CT molecular complexity index is 904. The summed E-state index contributed by atoms with van der Waals surface area (Å²) in [7, 11) is -3.57. The minimum atomic E-state index is -3.57. The molecule has 6 nitrogen and oxygen atoms in total. The Balaban J connectivity index is 1.74. The molecule has 2 heterocycles. The van der Waals surface area contributed by atoms with Gasteiger partial charge in [0.2, 0.25) is 10.0 Å². The van der Waals surface area contributed by atoms with Crippen LogP contribution in [0.4, 0.5) is 0 Å². The van der Waals surface area contributed by atoms with Crippen molar-refractivity contribution in [1.29, 1.82) is 5.26 Å². The minimum absolute atomic E-state index is 0.124. The Kier molecular flexibility index (Phi) is 5.37. The summed E-state index contributed by atoms with van der Waals surface area (Å²) in [5, 5.41) is 17.0. The summed E-state index contributed by atoms with van der Waals surface area (Å²) in [6.45, 7) is 4.22. The Morgan fingerprint density at radius 3 is 2.38 bits per heavy atom. The van der Waals surface area contributed by atoms with Gasteiger partial charge in [-0.1, -0.05) is 23.7 Å². The van der Waals surface area contributed by atoms with E-state index < -0.39 is 10.0 Å². The topological polar surface area (TPSA) is 89.8 Å². The number of H-pyrrole nitrogens is 1. The van der Waals surface area contributed by atoms with Crippen molar-refractivity contribution >= 4 is 21.6 Å². The number of benzene rings is 1. The predicted octanol–water partition coefficient (Wildman–Crippen LogP) is 3.39. The van der Waals surface area contributed by atoms with E-state index in [4.69, 9.17) is 11.6 Å². The number of sulfonamides is 1. The van der Waals surface area contributed by atoms with Crippen molar-refractivity contribution < 1.29 is 8.42 Å². The number of piperidine rings is 1. The number of hydrogen-bond acceptors (Lipinski definition) is 4. The number of hydrogen-bond donors (Lipinski definition) is 1. The number of rotatable bonds is 4. The number of nitrogens with one attached hydrogen (secondary N) is 1. The third-order valence-corrected chi connectivity index (χ3v) is 7.41. The van der Waals surface area contributed by atoms with Crippen LogP contribution >= 0.6 is 11.6 Å². The first-order chi connectivity index (χ1) is 12.3. The van der Waals surface area contributed by atoms with E-state index in [9.17, 15) is 13.7 Å². The Hall–Kier alpha value is -1.88. The zero-order chi connectivity index (χ0) is 18.9. The maximum absolute atomic E-state index is 12.9. The fraction of sp³-hybridized carbons (Fsp3) is 0.444. The van der Waals surface area contributed by atoms with Gasteiger partial charge in [-0.2, -0.15) is 14.7 Å². The lowest BCUT2D eigenvalue weighted by Crippen LogP contribution is -2.40. The molecule has 138 valence electrons. The molecule has 0 bridgehead atoms. The Morgan fingerprint density at radius 1 is 1.27 bits per heavy atom. The van der Waals surface area contributed by atoms with Gasteiger partial charge < -0.3 is 0 Å². The molecule has 1 aliphatic rings. The number of halogens is 1. The number of nitrogens with zero attached hydrogens (tertiary/aromatic N) is 3. The van der Waals surface area contributed by atoms with Crippen molar-refractivity contribution in [3.05, 3.63) is 46.2 Å². The molecule has 0 saturated carbocycles. The fourth-order valence-electron chi connectivity index (χ4n) is 3.62. The van der Waals surface area contributed by atoms with Crippen LogP contribution in [0.25, 0.3) is 0 Å². The van der Waals surface area contributed by atoms with E-state index in [2.05, 4.69) is 16.3 Å². The molecule has 0 radical (unpaired) electrons. The van der Waals surface area contributed by atoms with Gasteiger partial charge in [-0.3, -0.25) is 5.10 Å². The van der Waals surface area contributed by atoms with E-state index in [1.807, 2.05) is 12.1 Å². The van der Waals surface area contributed by atoms with Gasteiger partial charge in [0.05, 0.1) is 23.4 Å². The summed E-state index contributed by atoms with van der Waals surface area (Å²) in [4.78, 5) is 0.269. The summed E-state index contributed by atoms with van der Waals surface area (Å²) in [6, 6.07) is 9.69. The lowest BCUT2D eigenvalue weighted by molar-refractivity contribution is 0.261. The third-order valence-electron chi connectivity index (χ3n) is 5.00. The largest absolute Gasteiger partial charge is 0.281 e. The van der Waals surface area contributed by atoms with E-state index in [-0.39, 0.29) is 16.7 Å². The quantitative estimate of drug-likeness (QED) is 0.863. The van der Waals surface area contributed by atoms with E-state index in [1.165, 1.54) is 4.31 Å². The lowest BCUT2D eigenvalue weighted by Gasteiger charge is -2.33. The molecule has 0 amide bonds. The average molecular weight is 393 g/mol. The smallest absolute Gasteiger partial charge is 0.246 e. The first-order valence-corrected chi connectivity index (χ1v) is 10.3. The highest BCUT2D eigenvalue weighted by molar-refractivity contribution is 7.89. The molecular formula is C18H21ClN4O2S. The molecule has 1 N–H and O–H groups in total. The molecule has 1 aliphatic heterocycles. The van der Waals surface area contributed by atoms with E-state index in [1.54, 1.807) is 26.0 Å². The van der Waals surface area contributed by atoms with Crippen LogP contribution in [-0.4, -0.2) is 36.0 Å². The van der Waals surface area contributed by atoms with Gasteiger partial charge in [0.15, 0.2) is 0 Å². The second-order valence-electron chi connectivity index (χ2n) is 6.66. The SMILES string of the molecule is Cc1n[nH]c(C)c1S(=O)(=O)N1CCC(C(C#N)c2ccc(Cl)cc2)CC1. The Morgan fingerprint density at radius 2 is 1.88 bits per heavy atom. The van der Waals surface area contributed by atoms with Crippen molar-refractivity contribution in [3.8, 4) is 6.07 Å². The van der Waals surface area contributed by atoms with Gasteiger partial charge in [0, 0.05) is 18.1 Å². The maximum Gasteiger partial charge on any atom is 0.246 e. The molecule has 1 fully saturated rings. The molecule has 0 spiro atoms. The zero-order valence-corrected chi connectivity index (χ0v) is 16.3. The van der Waals surface area contributed by atoms with Crippen LogP contribution in [0.5, 0.6) is 0 Å². The van der Waals surface area contributed by atoms with Crippen LogP contribution in [-0.2, 0) is 10.0 Å². The van der Waals surface area contributed by atoms with Gasteiger partial charge in [-0.25, -0.2) is 8.42 Å². The second-order valence-corrected chi connectivity index (χ2v) is 8.97. The van der Waals surface area contributed by atoms with Crippen molar-refractivity contribution in [3.63, 3.8) is 0 Å². The molecule has 2 aromatic rings. The molecule has 1 atom stereocenters. The first kappa shape index (κ1) is 18.9.